The van der Waals surface area contributed by atoms with Crippen LogP contribution in [0.25, 0.3) is 11.1 Å². The minimum atomic E-state index is -0.823. The molecule has 0 aliphatic carbocycles. The first kappa shape index (κ1) is 18.5. The van der Waals surface area contributed by atoms with E-state index in [1.807, 2.05) is 44.2 Å². The van der Waals surface area contributed by atoms with Gasteiger partial charge in [-0.15, -0.1) is 11.3 Å². The molecule has 2 unspecified atom stereocenters. The minimum absolute atomic E-state index is 0.0601. The molecule has 0 saturated carbocycles. The Bertz CT molecular complexity index is 812. The zero-order valence-electron chi connectivity index (χ0n) is 15.2. The van der Waals surface area contributed by atoms with Crippen molar-refractivity contribution < 1.29 is 19.4 Å². The number of nitrogens with zero attached hydrogens (tertiary/aromatic N) is 1. The summed E-state index contributed by atoms with van der Waals surface area (Å²) in [6.07, 6.45) is 1.35. The number of ether oxygens (including phenoxy) is 1. The standard InChI is InChI=1S/C20H23NO4S/c1-12-4-5-15(20(23)24)11-21(12)19(22)18-10-17(13(2)26-18)14-6-8-16(25-3)9-7-14/h6-10,12,15H,4-5,11H2,1-3H3,(H,23,24). The molecule has 1 aliphatic rings. The lowest BCUT2D eigenvalue weighted by atomic mass is 9.93. The Morgan fingerprint density at radius 1 is 1.23 bits per heavy atom. The number of carbonyl (C=O) groups excluding carboxylic acids is 1. The first-order valence-corrected chi connectivity index (χ1v) is 9.51. The van der Waals surface area contributed by atoms with Crippen molar-refractivity contribution in [3.05, 3.63) is 40.1 Å². The summed E-state index contributed by atoms with van der Waals surface area (Å²) in [4.78, 5) is 27.8. The number of rotatable bonds is 4. The van der Waals surface area contributed by atoms with Gasteiger partial charge in [0.15, 0.2) is 0 Å². The van der Waals surface area contributed by atoms with Crippen molar-refractivity contribution in [2.45, 2.75) is 32.7 Å². The van der Waals surface area contributed by atoms with Crippen molar-refractivity contribution in [3.8, 4) is 16.9 Å². The molecule has 0 bridgehead atoms. The number of carbonyl (C=O) groups is 2. The number of carboxylic acids is 1. The summed E-state index contributed by atoms with van der Waals surface area (Å²) < 4.78 is 5.19. The topological polar surface area (TPSA) is 66.8 Å². The van der Waals surface area contributed by atoms with Gasteiger partial charge in [-0.3, -0.25) is 9.59 Å². The smallest absolute Gasteiger partial charge is 0.308 e. The number of hydrogen-bond donors (Lipinski definition) is 1. The summed E-state index contributed by atoms with van der Waals surface area (Å²) >= 11 is 1.46. The van der Waals surface area contributed by atoms with E-state index in [0.29, 0.717) is 11.3 Å². The molecular formula is C20H23NO4S. The van der Waals surface area contributed by atoms with Crippen molar-refractivity contribution in [1.29, 1.82) is 0 Å². The van der Waals surface area contributed by atoms with E-state index in [9.17, 15) is 14.7 Å². The van der Waals surface area contributed by atoms with Gasteiger partial charge in [-0.2, -0.15) is 0 Å². The Morgan fingerprint density at radius 3 is 2.54 bits per heavy atom. The van der Waals surface area contributed by atoms with Crippen LogP contribution in [0, 0.1) is 12.8 Å². The van der Waals surface area contributed by atoms with E-state index in [1.165, 1.54) is 11.3 Å². The molecule has 2 heterocycles. The molecule has 5 nitrogen and oxygen atoms in total. The van der Waals surface area contributed by atoms with E-state index in [2.05, 4.69) is 0 Å². The summed E-state index contributed by atoms with van der Waals surface area (Å²) in [5, 5.41) is 9.29. The average molecular weight is 373 g/mol. The predicted molar refractivity (Wildman–Crippen MR) is 102 cm³/mol. The van der Waals surface area contributed by atoms with Crippen LogP contribution in [0.4, 0.5) is 0 Å². The van der Waals surface area contributed by atoms with Crippen LogP contribution in [0.15, 0.2) is 30.3 Å². The van der Waals surface area contributed by atoms with Gasteiger partial charge in [0.05, 0.1) is 17.9 Å². The van der Waals surface area contributed by atoms with Gasteiger partial charge >= 0.3 is 5.97 Å². The van der Waals surface area contributed by atoms with E-state index in [-0.39, 0.29) is 18.5 Å². The van der Waals surface area contributed by atoms with E-state index in [1.54, 1.807) is 12.0 Å². The second-order valence-corrected chi connectivity index (χ2v) is 7.98. The molecule has 3 rings (SSSR count). The van der Waals surface area contributed by atoms with Crippen molar-refractivity contribution in [3.63, 3.8) is 0 Å². The van der Waals surface area contributed by atoms with Gasteiger partial charge in [0.2, 0.25) is 0 Å². The molecule has 2 aromatic rings. The number of benzene rings is 1. The Balaban J connectivity index is 1.85. The molecule has 1 aromatic heterocycles. The molecule has 1 saturated heterocycles. The molecule has 0 spiro atoms. The number of hydrogen-bond acceptors (Lipinski definition) is 4. The zero-order chi connectivity index (χ0) is 18.8. The third kappa shape index (κ3) is 3.60. The van der Waals surface area contributed by atoms with Gasteiger partial charge in [-0.1, -0.05) is 12.1 Å². The summed E-state index contributed by atoms with van der Waals surface area (Å²) in [7, 11) is 1.63. The van der Waals surface area contributed by atoms with Crippen molar-refractivity contribution in [2.24, 2.45) is 5.92 Å². The monoisotopic (exact) mass is 373 g/mol. The summed E-state index contributed by atoms with van der Waals surface area (Å²) in [5.41, 5.74) is 2.06. The fraction of sp³-hybridized carbons (Fsp3) is 0.400. The van der Waals surface area contributed by atoms with Crippen LogP contribution in [-0.4, -0.2) is 41.6 Å². The largest absolute Gasteiger partial charge is 0.497 e. The highest BCUT2D eigenvalue weighted by Gasteiger charge is 2.33. The number of aliphatic carboxylic acids is 1. The molecule has 1 aromatic carbocycles. The molecular weight excluding hydrogens is 350 g/mol. The second kappa shape index (κ2) is 7.50. The minimum Gasteiger partial charge on any atom is -0.497 e. The maximum absolute atomic E-state index is 13.0. The fourth-order valence-corrected chi connectivity index (χ4v) is 4.38. The van der Waals surface area contributed by atoms with Crippen LogP contribution >= 0.6 is 11.3 Å². The third-order valence-corrected chi connectivity index (χ3v) is 6.06. The lowest BCUT2D eigenvalue weighted by Crippen LogP contribution is -2.47. The molecule has 26 heavy (non-hydrogen) atoms. The highest BCUT2D eigenvalue weighted by molar-refractivity contribution is 7.14. The highest BCUT2D eigenvalue weighted by atomic mass is 32.1. The highest BCUT2D eigenvalue weighted by Crippen LogP contribution is 2.34. The SMILES string of the molecule is COc1ccc(-c2cc(C(=O)N3CC(C(=O)O)CCC3C)sc2C)cc1. The summed E-state index contributed by atoms with van der Waals surface area (Å²) in [6, 6.07) is 9.74. The first-order chi connectivity index (χ1) is 12.4. The van der Waals surface area contributed by atoms with E-state index in [0.717, 1.165) is 28.2 Å². The van der Waals surface area contributed by atoms with Gasteiger partial charge in [0.25, 0.3) is 5.91 Å². The van der Waals surface area contributed by atoms with Crippen LogP contribution in [-0.2, 0) is 4.79 Å². The van der Waals surface area contributed by atoms with Gasteiger partial charge in [0.1, 0.15) is 5.75 Å². The molecule has 1 N–H and O–H groups in total. The van der Waals surface area contributed by atoms with E-state index >= 15 is 0 Å². The summed E-state index contributed by atoms with van der Waals surface area (Å²) in [6.45, 7) is 4.27. The number of methoxy groups -OCH3 is 1. The summed E-state index contributed by atoms with van der Waals surface area (Å²) in [5.74, 6) is -0.579. The number of thiophene rings is 1. The van der Waals surface area contributed by atoms with Crippen molar-refractivity contribution >= 4 is 23.2 Å². The first-order valence-electron chi connectivity index (χ1n) is 8.69. The third-order valence-electron chi connectivity index (χ3n) is 5.02. The Labute approximate surface area is 157 Å². The average Bonchev–Trinajstić information content (AvgIpc) is 3.03. The quantitative estimate of drug-likeness (QED) is 0.878. The molecule has 1 fully saturated rings. The van der Waals surface area contributed by atoms with Gasteiger partial charge in [0, 0.05) is 17.5 Å². The van der Waals surface area contributed by atoms with Crippen molar-refractivity contribution in [1.82, 2.24) is 4.90 Å². The van der Waals surface area contributed by atoms with Crippen LogP contribution in [0.1, 0.15) is 34.3 Å². The van der Waals surface area contributed by atoms with Crippen LogP contribution in [0.2, 0.25) is 0 Å². The maximum atomic E-state index is 13.0. The molecule has 138 valence electrons. The van der Waals surface area contributed by atoms with Gasteiger partial charge < -0.3 is 14.7 Å². The van der Waals surface area contributed by atoms with Crippen LogP contribution in [0.5, 0.6) is 5.75 Å². The molecule has 1 amide bonds. The van der Waals surface area contributed by atoms with Crippen LogP contribution < -0.4 is 4.74 Å². The Hall–Kier alpha value is -2.34. The van der Waals surface area contributed by atoms with E-state index < -0.39 is 11.9 Å². The van der Waals surface area contributed by atoms with Crippen molar-refractivity contribution in [2.75, 3.05) is 13.7 Å². The molecule has 1 aliphatic heterocycles. The van der Waals surface area contributed by atoms with Gasteiger partial charge in [-0.25, -0.2) is 0 Å². The fourth-order valence-electron chi connectivity index (χ4n) is 3.38. The van der Waals surface area contributed by atoms with E-state index in [4.69, 9.17) is 4.74 Å². The normalized spacial score (nSPS) is 20.0. The number of piperidine rings is 1. The lowest BCUT2D eigenvalue weighted by molar-refractivity contribution is -0.143. The number of likely N-dealkylation sites (tertiary alicyclic amines) is 1. The Kier molecular flexibility index (Phi) is 5.32. The lowest BCUT2D eigenvalue weighted by Gasteiger charge is -2.36. The molecule has 0 radical (unpaired) electrons. The second-order valence-electron chi connectivity index (χ2n) is 6.73. The molecule has 6 heteroatoms. The maximum Gasteiger partial charge on any atom is 0.308 e. The number of aryl methyl sites for hydroxylation is 1. The number of carboxylic acid groups (broad SMARTS) is 1. The van der Waals surface area contributed by atoms with Crippen LogP contribution in [0.3, 0.4) is 0 Å². The zero-order valence-corrected chi connectivity index (χ0v) is 16.0. The van der Waals surface area contributed by atoms with Gasteiger partial charge in [-0.05, 0) is 56.0 Å². The number of amides is 1. The predicted octanol–water partition coefficient (Wildman–Crippen LogP) is 4.06. The molecule has 2 atom stereocenters. The Morgan fingerprint density at radius 2 is 1.92 bits per heavy atom.